The molecule has 1 N–H and O–H groups in total. The Morgan fingerprint density at radius 1 is 1.12 bits per heavy atom. The van der Waals surface area contributed by atoms with Crippen LogP contribution in [0.5, 0.6) is 17.4 Å². The van der Waals surface area contributed by atoms with Gasteiger partial charge < -0.3 is 19.5 Å². The molecule has 0 aliphatic heterocycles. The fraction of sp³-hybridized carbons (Fsp3) is 0.500. The number of hydrogen-bond acceptors (Lipinski definition) is 6. The van der Waals surface area contributed by atoms with E-state index in [9.17, 15) is 0 Å². The number of ether oxygens (including phenoxy) is 3. The van der Waals surface area contributed by atoms with E-state index in [1.165, 1.54) is 0 Å². The van der Waals surface area contributed by atoms with E-state index in [1.807, 2.05) is 39.1 Å². The van der Waals surface area contributed by atoms with Gasteiger partial charge >= 0.3 is 0 Å². The average molecular weight is 359 g/mol. The first-order valence-corrected chi connectivity index (χ1v) is 9.08. The zero-order valence-electron chi connectivity index (χ0n) is 16.5. The van der Waals surface area contributed by atoms with E-state index in [1.54, 1.807) is 13.3 Å². The lowest BCUT2D eigenvalue weighted by Gasteiger charge is -2.18. The van der Waals surface area contributed by atoms with Gasteiger partial charge in [0.2, 0.25) is 0 Å². The molecule has 0 spiro atoms. The molecular formula is C20H29N3O3. The molecule has 2 rings (SSSR count). The van der Waals surface area contributed by atoms with Crippen molar-refractivity contribution in [2.75, 3.05) is 19.5 Å². The number of nitrogens with zero attached hydrogens (tertiary/aromatic N) is 2. The number of rotatable bonds is 9. The summed E-state index contributed by atoms with van der Waals surface area (Å²) in [5.41, 5.74) is 1.56. The van der Waals surface area contributed by atoms with Crippen molar-refractivity contribution in [2.24, 2.45) is 0 Å². The highest BCUT2D eigenvalue weighted by Crippen LogP contribution is 2.34. The third-order valence-corrected chi connectivity index (χ3v) is 3.99. The molecule has 0 aliphatic carbocycles. The Labute approximate surface area is 155 Å². The zero-order chi connectivity index (χ0) is 19.1. The van der Waals surface area contributed by atoms with Gasteiger partial charge in [-0.05, 0) is 38.8 Å². The number of benzene rings is 1. The molecule has 0 bridgehead atoms. The SMILES string of the molecule is CCC(CC)Oc1ncc(-c2ccc(OC(C)C)cc2OC)nc1NC. The minimum absolute atomic E-state index is 0.0998. The highest BCUT2D eigenvalue weighted by molar-refractivity contribution is 5.69. The predicted octanol–water partition coefficient (Wildman–Crippen LogP) is 4.55. The molecule has 0 saturated heterocycles. The van der Waals surface area contributed by atoms with Crippen LogP contribution in [0.4, 0.5) is 5.82 Å². The summed E-state index contributed by atoms with van der Waals surface area (Å²) in [7, 11) is 3.44. The summed E-state index contributed by atoms with van der Waals surface area (Å²) < 4.78 is 17.2. The largest absolute Gasteiger partial charge is 0.496 e. The quantitative estimate of drug-likeness (QED) is 0.708. The van der Waals surface area contributed by atoms with Crippen LogP contribution in [-0.4, -0.2) is 36.3 Å². The molecule has 6 nitrogen and oxygen atoms in total. The maximum Gasteiger partial charge on any atom is 0.257 e. The van der Waals surface area contributed by atoms with Crippen LogP contribution >= 0.6 is 0 Å². The van der Waals surface area contributed by atoms with E-state index in [0.29, 0.717) is 23.1 Å². The van der Waals surface area contributed by atoms with Crippen LogP contribution in [0.15, 0.2) is 24.4 Å². The number of methoxy groups -OCH3 is 1. The van der Waals surface area contributed by atoms with E-state index in [-0.39, 0.29) is 12.2 Å². The summed E-state index contributed by atoms with van der Waals surface area (Å²) in [6.07, 6.45) is 3.79. The summed E-state index contributed by atoms with van der Waals surface area (Å²) in [5.74, 6) is 2.58. The summed E-state index contributed by atoms with van der Waals surface area (Å²) in [5, 5.41) is 3.07. The second-order valence-electron chi connectivity index (χ2n) is 6.24. The third kappa shape index (κ3) is 4.77. The fourth-order valence-corrected chi connectivity index (χ4v) is 2.60. The molecule has 0 aliphatic rings. The lowest BCUT2D eigenvalue weighted by atomic mass is 10.1. The number of nitrogens with one attached hydrogen (secondary N) is 1. The molecule has 0 radical (unpaired) electrons. The summed E-state index contributed by atoms with van der Waals surface area (Å²) in [4.78, 5) is 9.14. The van der Waals surface area contributed by atoms with Crippen molar-refractivity contribution < 1.29 is 14.2 Å². The Balaban J connectivity index is 2.36. The first-order chi connectivity index (χ1) is 12.5. The van der Waals surface area contributed by atoms with Crippen LogP contribution < -0.4 is 19.5 Å². The Hall–Kier alpha value is -2.50. The number of hydrogen-bond donors (Lipinski definition) is 1. The lowest BCUT2D eigenvalue weighted by molar-refractivity contribution is 0.185. The van der Waals surface area contributed by atoms with Gasteiger partial charge in [-0.2, -0.15) is 0 Å². The van der Waals surface area contributed by atoms with Crippen LogP contribution in [0, 0.1) is 0 Å². The normalized spacial score (nSPS) is 10.9. The first kappa shape index (κ1) is 19.8. The Morgan fingerprint density at radius 2 is 1.85 bits per heavy atom. The minimum atomic E-state index is 0.0998. The number of anilines is 1. The van der Waals surface area contributed by atoms with Crippen LogP contribution in [0.3, 0.4) is 0 Å². The highest BCUT2D eigenvalue weighted by Gasteiger charge is 2.16. The van der Waals surface area contributed by atoms with E-state index >= 15 is 0 Å². The van der Waals surface area contributed by atoms with Gasteiger partial charge in [0.05, 0.1) is 25.1 Å². The molecule has 0 unspecified atom stereocenters. The van der Waals surface area contributed by atoms with Gasteiger partial charge in [0.1, 0.15) is 17.6 Å². The fourth-order valence-electron chi connectivity index (χ4n) is 2.60. The molecule has 1 aromatic carbocycles. The zero-order valence-corrected chi connectivity index (χ0v) is 16.5. The third-order valence-electron chi connectivity index (χ3n) is 3.99. The Kier molecular flexibility index (Phi) is 7.06. The first-order valence-electron chi connectivity index (χ1n) is 9.08. The lowest BCUT2D eigenvalue weighted by Crippen LogP contribution is -2.16. The second kappa shape index (κ2) is 9.27. The van der Waals surface area contributed by atoms with Crippen LogP contribution in [0.2, 0.25) is 0 Å². The monoisotopic (exact) mass is 359 g/mol. The Bertz CT molecular complexity index is 715. The van der Waals surface area contributed by atoms with Gasteiger partial charge in [-0.15, -0.1) is 0 Å². The van der Waals surface area contributed by atoms with Crippen molar-refractivity contribution in [2.45, 2.75) is 52.7 Å². The topological polar surface area (TPSA) is 65.5 Å². The molecule has 1 heterocycles. The minimum Gasteiger partial charge on any atom is -0.496 e. The predicted molar refractivity (Wildman–Crippen MR) is 104 cm³/mol. The molecule has 2 aromatic rings. The van der Waals surface area contributed by atoms with E-state index in [0.717, 1.165) is 24.2 Å². The van der Waals surface area contributed by atoms with Crippen molar-refractivity contribution in [1.29, 1.82) is 0 Å². The van der Waals surface area contributed by atoms with Crippen molar-refractivity contribution in [3.8, 4) is 28.6 Å². The maximum absolute atomic E-state index is 5.96. The molecule has 26 heavy (non-hydrogen) atoms. The smallest absolute Gasteiger partial charge is 0.257 e. The highest BCUT2D eigenvalue weighted by atomic mass is 16.5. The van der Waals surface area contributed by atoms with E-state index in [2.05, 4.69) is 29.1 Å². The van der Waals surface area contributed by atoms with Gasteiger partial charge in [-0.25, -0.2) is 9.97 Å². The van der Waals surface area contributed by atoms with E-state index < -0.39 is 0 Å². The molecule has 0 fully saturated rings. The van der Waals surface area contributed by atoms with Crippen molar-refractivity contribution >= 4 is 5.82 Å². The molecule has 142 valence electrons. The van der Waals surface area contributed by atoms with Gasteiger partial charge in [0.15, 0.2) is 5.82 Å². The number of aromatic nitrogens is 2. The van der Waals surface area contributed by atoms with Gasteiger partial charge in [-0.1, -0.05) is 13.8 Å². The molecule has 0 atom stereocenters. The van der Waals surface area contributed by atoms with Crippen LogP contribution in [0.25, 0.3) is 11.3 Å². The second-order valence-corrected chi connectivity index (χ2v) is 6.24. The standard InChI is InChI=1S/C20H29N3O3/c1-7-14(8-2)26-20-19(21-5)23-17(12-22-20)16-10-9-15(25-13(3)4)11-18(16)24-6/h9-14H,7-8H2,1-6H3,(H,21,23). The van der Waals surface area contributed by atoms with Gasteiger partial charge in [0, 0.05) is 18.7 Å². The van der Waals surface area contributed by atoms with Crippen molar-refractivity contribution in [3.05, 3.63) is 24.4 Å². The molecule has 1 aromatic heterocycles. The van der Waals surface area contributed by atoms with Gasteiger partial charge in [0.25, 0.3) is 5.88 Å². The molecule has 0 amide bonds. The average Bonchev–Trinajstić information content (AvgIpc) is 2.65. The Morgan fingerprint density at radius 3 is 2.42 bits per heavy atom. The van der Waals surface area contributed by atoms with E-state index in [4.69, 9.17) is 14.2 Å². The molecule has 0 saturated carbocycles. The maximum atomic E-state index is 5.96. The van der Waals surface area contributed by atoms with Gasteiger partial charge in [-0.3, -0.25) is 0 Å². The van der Waals surface area contributed by atoms with Crippen molar-refractivity contribution in [3.63, 3.8) is 0 Å². The van der Waals surface area contributed by atoms with Crippen LogP contribution in [0.1, 0.15) is 40.5 Å². The summed E-state index contributed by atoms with van der Waals surface area (Å²) >= 11 is 0. The van der Waals surface area contributed by atoms with Crippen LogP contribution in [-0.2, 0) is 0 Å². The summed E-state index contributed by atoms with van der Waals surface area (Å²) in [6, 6.07) is 5.71. The summed E-state index contributed by atoms with van der Waals surface area (Å²) in [6.45, 7) is 8.18. The van der Waals surface area contributed by atoms with Crippen molar-refractivity contribution in [1.82, 2.24) is 9.97 Å². The molecule has 6 heteroatoms. The molecular weight excluding hydrogens is 330 g/mol.